The number of carboxylic acid groups (broad SMARTS) is 1. The topological polar surface area (TPSA) is 78.4 Å². The molecule has 0 spiro atoms. The highest BCUT2D eigenvalue weighted by atomic mass is 16.4. The van der Waals surface area contributed by atoms with Crippen LogP contribution in [-0.4, -0.2) is 35.6 Å². The van der Waals surface area contributed by atoms with E-state index in [2.05, 4.69) is 10.6 Å². The third kappa shape index (κ3) is 3.51. The lowest BCUT2D eigenvalue weighted by atomic mass is 10.1. The van der Waals surface area contributed by atoms with Gasteiger partial charge < -0.3 is 15.7 Å². The van der Waals surface area contributed by atoms with E-state index >= 15 is 0 Å². The van der Waals surface area contributed by atoms with Crippen molar-refractivity contribution >= 4 is 11.9 Å². The van der Waals surface area contributed by atoms with Gasteiger partial charge in [0.05, 0.1) is 6.04 Å². The van der Waals surface area contributed by atoms with E-state index in [0.29, 0.717) is 6.42 Å². The van der Waals surface area contributed by atoms with Gasteiger partial charge in [-0.25, -0.2) is 4.79 Å². The summed E-state index contributed by atoms with van der Waals surface area (Å²) in [5.41, 5.74) is 0. The van der Waals surface area contributed by atoms with E-state index in [9.17, 15) is 9.59 Å². The molecule has 0 aliphatic carbocycles. The third-order valence-electron chi connectivity index (χ3n) is 2.57. The van der Waals surface area contributed by atoms with Gasteiger partial charge in [0.1, 0.15) is 6.04 Å². The van der Waals surface area contributed by atoms with Crippen molar-refractivity contribution in [1.29, 1.82) is 0 Å². The van der Waals surface area contributed by atoms with Crippen LogP contribution < -0.4 is 10.6 Å². The molecule has 3 N–H and O–H groups in total. The van der Waals surface area contributed by atoms with Gasteiger partial charge >= 0.3 is 5.97 Å². The molecule has 1 saturated heterocycles. The van der Waals surface area contributed by atoms with E-state index in [4.69, 9.17) is 5.11 Å². The van der Waals surface area contributed by atoms with Crippen LogP contribution >= 0.6 is 0 Å². The Kier molecular flexibility index (Phi) is 4.55. The zero-order valence-electron chi connectivity index (χ0n) is 8.95. The first kappa shape index (κ1) is 12.0. The standard InChI is InChI=1S/C10H18N2O3/c1-2-4-8(10(14)15)12-9(13)7-5-3-6-11-7/h7-8,11H,2-6H2,1H3,(H,12,13)(H,14,15)/t7-,8?/m0/s1. The molecule has 0 aromatic heterocycles. The van der Waals surface area contributed by atoms with Gasteiger partial charge in [0.15, 0.2) is 0 Å². The Morgan fingerprint density at radius 2 is 2.33 bits per heavy atom. The lowest BCUT2D eigenvalue weighted by Crippen LogP contribution is -2.48. The normalized spacial score (nSPS) is 22.3. The van der Waals surface area contributed by atoms with Crippen LogP contribution in [0.1, 0.15) is 32.6 Å². The number of amides is 1. The minimum Gasteiger partial charge on any atom is -0.480 e. The van der Waals surface area contributed by atoms with Gasteiger partial charge in [-0.05, 0) is 25.8 Å². The molecule has 0 bridgehead atoms. The van der Waals surface area contributed by atoms with Crippen molar-refractivity contribution in [2.45, 2.75) is 44.7 Å². The monoisotopic (exact) mass is 214 g/mol. The lowest BCUT2D eigenvalue weighted by molar-refractivity contribution is -0.142. The molecule has 1 fully saturated rings. The highest BCUT2D eigenvalue weighted by Gasteiger charge is 2.26. The molecular formula is C10H18N2O3. The molecule has 5 heteroatoms. The van der Waals surface area contributed by atoms with Crippen LogP contribution in [0.3, 0.4) is 0 Å². The van der Waals surface area contributed by atoms with Crippen LogP contribution in [0, 0.1) is 0 Å². The van der Waals surface area contributed by atoms with E-state index in [0.717, 1.165) is 25.8 Å². The number of hydrogen-bond donors (Lipinski definition) is 3. The van der Waals surface area contributed by atoms with E-state index in [1.54, 1.807) is 0 Å². The molecule has 0 saturated carbocycles. The second kappa shape index (κ2) is 5.70. The van der Waals surface area contributed by atoms with Gasteiger partial charge in [0.2, 0.25) is 5.91 Å². The number of carbonyl (C=O) groups is 2. The van der Waals surface area contributed by atoms with Gasteiger partial charge in [-0.3, -0.25) is 4.79 Å². The number of nitrogens with one attached hydrogen (secondary N) is 2. The van der Waals surface area contributed by atoms with Crippen LogP contribution in [-0.2, 0) is 9.59 Å². The molecule has 2 atom stereocenters. The smallest absolute Gasteiger partial charge is 0.326 e. The Balaban J connectivity index is 2.42. The molecule has 86 valence electrons. The lowest BCUT2D eigenvalue weighted by Gasteiger charge is -2.16. The first-order chi connectivity index (χ1) is 7.15. The quantitative estimate of drug-likeness (QED) is 0.607. The van der Waals surface area contributed by atoms with Crippen molar-refractivity contribution in [3.8, 4) is 0 Å². The van der Waals surface area contributed by atoms with Gasteiger partial charge in [-0.1, -0.05) is 13.3 Å². The first-order valence-electron chi connectivity index (χ1n) is 5.41. The molecule has 0 aromatic rings. The summed E-state index contributed by atoms with van der Waals surface area (Å²) in [5.74, 6) is -1.14. The number of aliphatic carboxylic acids is 1. The van der Waals surface area contributed by atoms with Crippen molar-refractivity contribution in [1.82, 2.24) is 10.6 Å². The van der Waals surface area contributed by atoms with Crippen LogP contribution in [0.4, 0.5) is 0 Å². The zero-order valence-corrected chi connectivity index (χ0v) is 8.95. The molecule has 1 unspecified atom stereocenters. The predicted molar refractivity (Wildman–Crippen MR) is 55.5 cm³/mol. The van der Waals surface area contributed by atoms with Crippen molar-refractivity contribution in [3.63, 3.8) is 0 Å². The van der Waals surface area contributed by atoms with Crippen LogP contribution in [0.5, 0.6) is 0 Å². The summed E-state index contributed by atoms with van der Waals surface area (Å²) in [6.07, 6.45) is 3.00. The van der Waals surface area contributed by atoms with E-state index in [-0.39, 0.29) is 11.9 Å². The van der Waals surface area contributed by atoms with Gasteiger partial charge in [-0.15, -0.1) is 0 Å². The molecule has 0 aromatic carbocycles. The van der Waals surface area contributed by atoms with Crippen LogP contribution in [0.25, 0.3) is 0 Å². The first-order valence-corrected chi connectivity index (χ1v) is 5.41. The summed E-state index contributed by atoms with van der Waals surface area (Å²) in [4.78, 5) is 22.4. The highest BCUT2D eigenvalue weighted by molar-refractivity contribution is 5.87. The minimum absolute atomic E-state index is 0.187. The highest BCUT2D eigenvalue weighted by Crippen LogP contribution is 2.06. The largest absolute Gasteiger partial charge is 0.480 e. The number of rotatable bonds is 5. The van der Waals surface area contributed by atoms with Gasteiger partial charge in [0, 0.05) is 0 Å². The third-order valence-corrected chi connectivity index (χ3v) is 2.57. The Morgan fingerprint density at radius 3 is 2.80 bits per heavy atom. The maximum Gasteiger partial charge on any atom is 0.326 e. The maximum atomic E-state index is 11.6. The molecule has 1 aliphatic rings. The number of carboxylic acids is 1. The maximum absolute atomic E-state index is 11.6. The number of carbonyl (C=O) groups excluding carboxylic acids is 1. The van der Waals surface area contributed by atoms with Crippen molar-refractivity contribution < 1.29 is 14.7 Å². The SMILES string of the molecule is CCCC(NC(=O)[C@@H]1CCCN1)C(=O)O. The van der Waals surface area contributed by atoms with Crippen molar-refractivity contribution in [3.05, 3.63) is 0 Å². The van der Waals surface area contributed by atoms with Gasteiger partial charge in [0.25, 0.3) is 0 Å². The fourth-order valence-corrected chi connectivity index (χ4v) is 1.73. The second-order valence-electron chi connectivity index (χ2n) is 3.84. The van der Waals surface area contributed by atoms with Crippen LogP contribution in [0.2, 0.25) is 0 Å². The molecule has 15 heavy (non-hydrogen) atoms. The van der Waals surface area contributed by atoms with E-state index in [1.165, 1.54) is 0 Å². The minimum atomic E-state index is -0.955. The Bertz CT molecular complexity index is 237. The molecule has 1 rings (SSSR count). The average molecular weight is 214 g/mol. The molecule has 1 heterocycles. The molecule has 1 amide bonds. The Hall–Kier alpha value is -1.10. The summed E-state index contributed by atoms with van der Waals surface area (Å²) < 4.78 is 0. The Labute approximate surface area is 89.2 Å². The summed E-state index contributed by atoms with van der Waals surface area (Å²) in [6.45, 7) is 2.74. The van der Waals surface area contributed by atoms with E-state index in [1.807, 2.05) is 6.92 Å². The van der Waals surface area contributed by atoms with Crippen molar-refractivity contribution in [2.75, 3.05) is 6.54 Å². The second-order valence-corrected chi connectivity index (χ2v) is 3.84. The summed E-state index contributed by atoms with van der Waals surface area (Å²) in [5, 5.41) is 14.5. The molecular weight excluding hydrogens is 196 g/mol. The molecule has 0 radical (unpaired) electrons. The number of hydrogen-bond acceptors (Lipinski definition) is 3. The van der Waals surface area contributed by atoms with E-state index < -0.39 is 12.0 Å². The summed E-state index contributed by atoms with van der Waals surface area (Å²) in [6, 6.07) is -0.950. The molecule has 5 nitrogen and oxygen atoms in total. The average Bonchev–Trinajstić information content (AvgIpc) is 2.69. The predicted octanol–water partition coefficient (Wildman–Crippen LogP) is 0.108. The van der Waals surface area contributed by atoms with Crippen LogP contribution in [0.15, 0.2) is 0 Å². The Morgan fingerprint density at radius 1 is 1.60 bits per heavy atom. The fourth-order valence-electron chi connectivity index (χ4n) is 1.73. The summed E-state index contributed by atoms with van der Waals surface area (Å²) in [7, 11) is 0. The van der Waals surface area contributed by atoms with Gasteiger partial charge in [-0.2, -0.15) is 0 Å². The zero-order chi connectivity index (χ0) is 11.3. The molecule has 1 aliphatic heterocycles. The fraction of sp³-hybridized carbons (Fsp3) is 0.800. The summed E-state index contributed by atoms with van der Waals surface area (Å²) >= 11 is 0. The van der Waals surface area contributed by atoms with Crippen molar-refractivity contribution in [2.24, 2.45) is 0 Å².